The number of ether oxygens (including phenoxy) is 1. The van der Waals surface area contributed by atoms with Gasteiger partial charge in [-0.25, -0.2) is 0 Å². The fraction of sp³-hybridized carbons (Fsp3) is 0.688. The van der Waals surface area contributed by atoms with Gasteiger partial charge in [0.25, 0.3) is 0 Å². The highest BCUT2D eigenvalue weighted by atomic mass is 16.5. The predicted molar refractivity (Wildman–Crippen MR) is 86.5 cm³/mol. The first kappa shape index (κ1) is 16.6. The molecule has 0 unspecified atom stereocenters. The quantitative estimate of drug-likeness (QED) is 0.706. The van der Waals surface area contributed by atoms with Gasteiger partial charge in [0.1, 0.15) is 5.82 Å². The molecule has 0 amide bonds. The molecule has 1 heterocycles. The van der Waals surface area contributed by atoms with Gasteiger partial charge in [0.2, 0.25) is 5.88 Å². The molecule has 0 aliphatic rings. The summed E-state index contributed by atoms with van der Waals surface area (Å²) in [5.41, 5.74) is 6.54. The second-order valence-corrected chi connectivity index (χ2v) is 5.11. The third kappa shape index (κ3) is 5.27. The predicted octanol–water partition coefficient (Wildman–Crippen LogP) is 3.86. The number of hydrogen-bond acceptors (Lipinski definition) is 4. The average molecular weight is 279 g/mol. The van der Waals surface area contributed by atoms with Gasteiger partial charge in [0, 0.05) is 13.1 Å². The summed E-state index contributed by atoms with van der Waals surface area (Å²) in [6.45, 7) is 9.25. The minimum atomic E-state index is 0.572. The average Bonchev–Trinajstić information content (AvgIpc) is 2.47. The highest BCUT2D eigenvalue weighted by Crippen LogP contribution is 2.24. The molecule has 0 atom stereocenters. The standard InChI is InChI=1S/C16H29N3O/c1-4-7-11-19(12-8-5-2)15-10-9-14(17)16(18-15)20-13-6-3/h9-10H,4-8,11-13,17H2,1-3H3. The van der Waals surface area contributed by atoms with Crippen LogP contribution < -0.4 is 15.4 Å². The monoisotopic (exact) mass is 279 g/mol. The summed E-state index contributed by atoms with van der Waals surface area (Å²) >= 11 is 0. The topological polar surface area (TPSA) is 51.4 Å². The molecule has 1 rings (SSSR count). The van der Waals surface area contributed by atoms with Gasteiger partial charge in [-0.15, -0.1) is 0 Å². The van der Waals surface area contributed by atoms with Gasteiger partial charge in [-0.3, -0.25) is 0 Å². The first-order chi connectivity index (χ1) is 9.72. The molecule has 20 heavy (non-hydrogen) atoms. The molecule has 0 spiro atoms. The van der Waals surface area contributed by atoms with E-state index in [9.17, 15) is 0 Å². The highest BCUT2D eigenvalue weighted by Gasteiger charge is 2.10. The number of pyridine rings is 1. The minimum Gasteiger partial charge on any atom is -0.476 e. The lowest BCUT2D eigenvalue weighted by Gasteiger charge is -2.24. The van der Waals surface area contributed by atoms with Crippen LogP contribution in [0.5, 0.6) is 5.88 Å². The molecule has 0 radical (unpaired) electrons. The number of nitrogen functional groups attached to an aromatic ring is 1. The van der Waals surface area contributed by atoms with E-state index in [4.69, 9.17) is 10.5 Å². The van der Waals surface area contributed by atoms with Crippen LogP contribution >= 0.6 is 0 Å². The summed E-state index contributed by atoms with van der Waals surface area (Å²) in [7, 11) is 0. The Hall–Kier alpha value is -1.45. The Labute approximate surface area is 123 Å². The fourth-order valence-corrected chi connectivity index (χ4v) is 1.97. The van der Waals surface area contributed by atoms with Gasteiger partial charge in [-0.05, 0) is 31.4 Å². The normalized spacial score (nSPS) is 10.6. The van der Waals surface area contributed by atoms with Crippen LogP contribution in [0.15, 0.2) is 12.1 Å². The van der Waals surface area contributed by atoms with Crippen LogP contribution in [-0.2, 0) is 0 Å². The maximum Gasteiger partial charge on any atom is 0.239 e. The lowest BCUT2D eigenvalue weighted by Crippen LogP contribution is -2.26. The Morgan fingerprint density at radius 2 is 1.70 bits per heavy atom. The van der Waals surface area contributed by atoms with Gasteiger partial charge in [-0.2, -0.15) is 4.98 Å². The molecule has 114 valence electrons. The smallest absolute Gasteiger partial charge is 0.239 e. The molecular formula is C16H29N3O. The third-order valence-electron chi connectivity index (χ3n) is 3.21. The van der Waals surface area contributed by atoms with Crippen LogP contribution in [0, 0.1) is 0 Å². The lowest BCUT2D eigenvalue weighted by atomic mass is 10.2. The molecule has 0 saturated carbocycles. The molecule has 0 aliphatic carbocycles. The zero-order valence-corrected chi connectivity index (χ0v) is 13.2. The molecular weight excluding hydrogens is 250 g/mol. The molecule has 0 fully saturated rings. The van der Waals surface area contributed by atoms with E-state index in [1.54, 1.807) is 0 Å². The minimum absolute atomic E-state index is 0.572. The fourth-order valence-electron chi connectivity index (χ4n) is 1.97. The SMILES string of the molecule is CCCCN(CCCC)c1ccc(N)c(OCCC)n1. The Bertz CT molecular complexity index is 374. The highest BCUT2D eigenvalue weighted by molar-refractivity contribution is 5.54. The lowest BCUT2D eigenvalue weighted by molar-refractivity contribution is 0.307. The van der Waals surface area contributed by atoms with Gasteiger partial charge >= 0.3 is 0 Å². The number of anilines is 2. The van der Waals surface area contributed by atoms with E-state index in [1.165, 1.54) is 25.7 Å². The molecule has 1 aromatic heterocycles. The summed E-state index contributed by atoms with van der Waals surface area (Å²) in [6, 6.07) is 3.90. The Morgan fingerprint density at radius 3 is 2.25 bits per heavy atom. The number of unbranched alkanes of at least 4 members (excludes halogenated alkanes) is 2. The van der Waals surface area contributed by atoms with Crippen LogP contribution in [0.3, 0.4) is 0 Å². The van der Waals surface area contributed by atoms with E-state index in [1.807, 2.05) is 12.1 Å². The molecule has 2 N–H and O–H groups in total. The zero-order valence-electron chi connectivity index (χ0n) is 13.2. The van der Waals surface area contributed by atoms with Crippen molar-refractivity contribution in [3.63, 3.8) is 0 Å². The van der Waals surface area contributed by atoms with Crippen molar-refractivity contribution in [2.75, 3.05) is 30.3 Å². The van der Waals surface area contributed by atoms with Crippen LogP contribution in [-0.4, -0.2) is 24.7 Å². The first-order valence-electron chi connectivity index (χ1n) is 7.87. The van der Waals surface area contributed by atoms with Crippen LogP contribution in [0.25, 0.3) is 0 Å². The largest absolute Gasteiger partial charge is 0.476 e. The van der Waals surface area contributed by atoms with Gasteiger partial charge in [0.05, 0.1) is 12.3 Å². The summed E-state index contributed by atoms with van der Waals surface area (Å²) < 4.78 is 5.62. The number of rotatable bonds is 10. The van der Waals surface area contributed by atoms with E-state index in [-0.39, 0.29) is 0 Å². The van der Waals surface area contributed by atoms with Crippen LogP contribution in [0.2, 0.25) is 0 Å². The zero-order chi connectivity index (χ0) is 14.8. The Morgan fingerprint density at radius 1 is 1.05 bits per heavy atom. The maximum atomic E-state index is 5.92. The van der Waals surface area contributed by atoms with Gasteiger partial charge in [-0.1, -0.05) is 33.6 Å². The van der Waals surface area contributed by atoms with Crippen molar-refractivity contribution in [1.29, 1.82) is 0 Å². The first-order valence-corrected chi connectivity index (χ1v) is 7.87. The molecule has 4 heteroatoms. The number of aromatic nitrogens is 1. The third-order valence-corrected chi connectivity index (χ3v) is 3.21. The summed E-state index contributed by atoms with van der Waals surface area (Å²) in [4.78, 5) is 6.93. The van der Waals surface area contributed by atoms with Crippen molar-refractivity contribution >= 4 is 11.5 Å². The maximum absolute atomic E-state index is 5.92. The molecule has 1 aromatic rings. The van der Waals surface area contributed by atoms with Gasteiger partial charge < -0.3 is 15.4 Å². The summed E-state index contributed by atoms with van der Waals surface area (Å²) in [6.07, 6.45) is 5.70. The second kappa shape index (κ2) is 9.45. The number of hydrogen-bond donors (Lipinski definition) is 1. The van der Waals surface area contributed by atoms with Crippen molar-refractivity contribution in [3.8, 4) is 5.88 Å². The summed E-state index contributed by atoms with van der Waals surface area (Å²) in [5, 5.41) is 0. The Balaban J connectivity index is 2.82. The van der Waals surface area contributed by atoms with Crippen molar-refractivity contribution in [2.45, 2.75) is 52.9 Å². The number of nitrogens with two attached hydrogens (primary N) is 1. The molecule has 0 bridgehead atoms. The van der Waals surface area contributed by atoms with E-state index in [0.29, 0.717) is 18.2 Å². The molecule has 0 saturated heterocycles. The molecule has 4 nitrogen and oxygen atoms in total. The van der Waals surface area contributed by atoms with E-state index in [2.05, 4.69) is 30.7 Å². The molecule has 0 aromatic carbocycles. The van der Waals surface area contributed by atoms with E-state index >= 15 is 0 Å². The van der Waals surface area contributed by atoms with E-state index < -0.39 is 0 Å². The van der Waals surface area contributed by atoms with E-state index in [0.717, 1.165) is 25.3 Å². The molecule has 0 aliphatic heterocycles. The Kier molecular flexibility index (Phi) is 7.85. The van der Waals surface area contributed by atoms with Crippen LogP contribution in [0.4, 0.5) is 11.5 Å². The van der Waals surface area contributed by atoms with Crippen molar-refractivity contribution in [3.05, 3.63) is 12.1 Å². The number of nitrogens with zero attached hydrogens (tertiary/aromatic N) is 2. The summed E-state index contributed by atoms with van der Waals surface area (Å²) in [5.74, 6) is 1.55. The second-order valence-electron chi connectivity index (χ2n) is 5.11. The van der Waals surface area contributed by atoms with Crippen molar-refractivity contribution < 1.29 is 4.74 Å². The van der Waals surface area contributed by atoms with Gasteiger partial charge in [0.15, 0.2) is 0 Å². The van der Waals surface area contributed by atoms with Crippen molar-refractivity contribution in [1.82, 2.24) is 4.98 Å². The van der Waals surface area contributed by atoms with Crippen LogP contribution in [0.1, 0.15) is 52.9 Å². The van der Waals surface area contributed by atoms with Crippen molar-refractivity contribution in [2.24, 2.45) is 0 Å².